The lowest BCUT2D eigenvalue weighted by molar-refractivity contribution is -0.141. The van der Waals surface area contributed by atoms with Crippen molar-refractivity contribution in [2.24, 2.45) is 0 Å². The van der Waals surface area contributed by atoms with Gasteiger partial charge in [0.1, 0.15) is 17.2 Å². The second-order valence-corrected chi connectivity index (χ2v) is 6.64. The smallest absolute Gasteiger partial charge is 0.433 e. The fourth-order valence-corrected chi connectivity index (χ4v) is 3.10. The van der Waals surface area contributed by atoms with Crippen LogP contribution in [0.15, 0.2) is 52.0 Å². The van der Waals surface area contributed by atoms with E-state index in [9.17, 15) is 18.0 Å². The van der Waals surface area contributed by atoms with E-state index in [0.717, 1.165) is 17.8 Å². The maximum Gasteiger partial charge on any atom is 0.433 e. The van der Waals surface area contributed by atoms with Crippen LogP contribution in [0.5, 0.6) is 5.75 Å². The van der Waals surface area contributed by atoms with E-state index in [0.29, 0.717) is 17.1 Å². The van der Waals surface area contributed by atoms with Gasteiger partial charge in [-0.1, -0.05) is 11.8 Å². The van der Waals surface area contributed by atoms with Crippen LogP contribution in [0, 0.1) is 0 Å². The molecule has 0 amide bonds. The molecule has 29 heavy (non-hydrogen) atoms. The van der Waals surface area contributed by atoms with Crippen LogP contribution >= 0.6 is 11.8 Å². The summed E-state index contributed by atoms with van der Waals surface area (Å²) in [7, 11) is 2.72. The molecule has 6 nitrogen and oxygen atoms in total. The predicted molar refractivity (Wildman–Crippen MR) is 98.6 cm³/mol. The lowest BCUT2D eigenvalue weighted by Gasteiger charge is -2.10. The maximum absolute atomic E-state index is 13.3. The van der Waals surface area contributed by atoms with Crippen molar-refractivity contribution in [1.29, 1.82) is 0 Å². The summed E-state index contributed by atoms with van der Waals surface area (Å²) in [5.74, 6) is 0.459. The third-order valence-electron chi connectivity index (χ3n) is 3.77. The lowest BCUT2D eigenvalue weighted by Crippen LogP contribution is -2.10. The molecule has 0 radical (unpaired) electrons. The van der Waals surface area contributed by atoms with Gasteiger partial charge in [0.2, 0.25) is 5.76 Å². The van der Waals surface area contributed by atoms with Gasteiger partial charge in [0.15, 0.2) is 5.16 Å². The van der Waals surface area contributed by atoms with Crippen molar-refractivity contribution in [3.63, 3.8) is 0 Å². The number of halogens is 3. The number of carbonyl (C=O) groups is 1. The minimum atomic E-state index is -4.62. The summed E-state index contributed by atoms with van der Waals surface area (Å²) in [5.41, 5.74) is -0.422. The van der Waals surface area contributed by atoms with E-state index in [2.05, 4.69) is 14.7 Å². The molecule has 1 aromatic carbocycles. The van der Waals surface area contributed by atoms with Crippen LogP contribution in [0.1, 0.15) is 22.0 Å². The molecule has 10 heteroatoms. The standard InChI is InChI=1S/C19H15F3N2O4S/c1-26-12-5-3-11(4-6-12)14-9-16(19(20,21)22)24-18(23-14)29-10-13-7-8-15(28-13)17(25)27-2/h3-9H,10H2,1-2H3. The predicted octanol–water partition coefficient (Wildman–Crippen LogP) is 4.84. The Hall–Kier alpha value is -3.01. The van der Waals surface area contributed by atoms with Crippen molar-refractivity contribution in [3.8, 4) is 17.0 Å². The summed E-state index contributed by atoms with van der Waals surface area (Å²) >= 11 is 0.960. The quantitative estimate of drug-likeness (QED) is 0.318. The van der Waals surface area contributed by atoms with Crippen molar-refractivity contribution in [1.82, 2.24) is 9.97 Å². The van der Waals surface area contributed by atoms with Crippen LogP contribution in [-0.4, -0.2) is 30.2 Å². The molecular formula is C19H15F3N2O4S. The van der Waals surface area contributed by atoms with Gasteiger partial charge in [-0.05, 0) is 42.5 Å². The zero-order valence-electron chi connectivity index (χ0n) is 15.3. The summed E-state index contributed by atoms with van der Waals surface area (Å²) in [6.07, 6.45) is -4.62. The largest absolute Gasteiger partial charge is 0.497 e. The van der Waals surface area contributed by atoms with E-state index in [1.165, 1.54) is 26.4 Å². The van der Waals surface area contributed by atoms with Crippen LogP contribution in [0.2, 0.25) is 0 Å². The van der Waals surface area contributed by atoms with Gasteiger partial charge in [0.25, 0.3) is 0 Å². The van der Waals surface area contributed by atoms with Crippen molar-refractivity contribution in [2.75, 3.05) is 14.2 Å². The molecular weight excluding hydrogens is 409 g/mol. The molecule has 0 fully saturated rings. The molecule has 2 heterocycles. The second-order valence-electron chi connectivity index (χ2n) is 5.69. The van der Waals surface area contributed by atoms with Crippen molar-refractivity contribution < 1.29 is 31.9 Å². The van der Waals surface area contributed by atoms with Gasteiger partial charge in [0.05, 0.1) is 25.7 Å². The molecule has 0 aliphatic rings. The number of nitrogens with zero attached hydrogens (tertiary/aromatic N) is 2. The van der Waals surface area contributed by atoms with Gasteiger partial charge in [0, 0.05) is 5.56 Å². The molecule has 0 saturated carbocycles. The van der Waals surface area contributed by atoms with Gasteiger partial charge in [-0.15, -0.1) is 0 Å². The molecule has 0 bridgehead atoms. The zero-order valence-corrected chi connectivity index (χ0v) is 16.1. The van der Waals surface area contributed by atoms with E-state index in [-0.39, 0.29) is 22.4 Å². The van der Waals surface area contributed by atoms with Gasteiger partial charge in [-0.3, -0.25) is 0 Å². The van der Waals surface area contributed by atoms with E-state index in [4.69, 9.17) is 9.15 Å². The molecule has 0 unspecified atom stereocenters. The number of rotatable bonds is 6. The average Bonchev–Trinajstić information content (AvgIpc) is 3.20. The zero-order chi connectivity index (χ0) is 21.0. The fourth-order valence-electron chi connectivity index (χ4n) is 2.35. The van der Waals surface area contributed by atoms with Crippen molar-refractivity contribution in [2.45, 2.75) is 17.1 Å². The number of alkyl halides is 3. The van der Waals surface area contributed by atoms with Crippen LogP contribution in [0.3, 0.4) is 0 Å². The molecule has 3 rings (SSSR count). The third-order valence-corrected chi connectivity index (χ3v) is 4.64. The number of carbonyl (C=O) groups excluding carboxylic acids is 1. The molecule has 152 valence electrons. The molecule has 0 spiro atoms. The molecule has 0 atom stereocenters. The number of methoxy groups -OCH3 is 2. The first-order valence-corrected chi connectivity index (χ1v) is 9.19. The normalized spacial score (nSPS) is 11.3. The summed E-state index contributed by atoms with van der Waals surface area (Å²) < 4.78 is 54.8. The summed E-state index contributed by atoms with van der Waals surface area (Å²) in [6, 6.07) is 10.4. The first-order chi connectivity index (χ1) is 13.8. The van der Waals surface area contributed by atoms with Gasteiger partial charge < -0.3 is 13.9 Å². The summed E-state index contributed by atoms with van der Waals surface area (Å²) in [6.45, 7) is 0. The van der Waals surface area contributed by atoms with Crippen LogP contribution in [0.4, 0.5) is 13.2 Å². The first-order valence-electron chi connectivity index (χ1n) is 8.20. The maximum atomic E-state index is 13.3. The van der Waals surface area contributed by atoms with Crippen LogP contribution in [0.25, 0.3) is 11.3 Å². The number of esters is 1. The molecule has 0 N–H and O–H groups in total. The minimum absolute atomic E-state index is 0.00647. The number of ether oxygens (including phenoxy) is 2. The topological polar surface area (TPSA) is 74.5 Å². The van der Waals surface area contributed by atoms with E-state index in [1.807, 2.05) is 0 Å². The third kappa shape index (κ3) is 5.08. The first kappa shape index (κ1) is 20.7. The second kappa shape index (κ2) is 8.56. The number of thioether (sulfide) groups is 1. The van der Waals surface area contributed by atoms with Crippen LogP contribution < -0.4 is 4.74 Å². The number of furan rings is 1. The van der Waals surface area contributed by atoms with Gasteiger partial charge >= 0.3 is 12.1 Å². The van der Waals surface area contributed by atoms with E-state index >= 15 is 0 Å². The number of aromatic nitrogens is 2. The van der Waals surface area contributed by atoms with Crippen molar-refractivity contribution >= 4 is 17.7 Å². The highest BCUT2D eigenvalue weighted by atomic mass is 32.2. The molecule has 0 saturated heterocycles. The lowest BCUT2D eigenvalue weighted by atomic mass is 10.1. The van der Waals surface area contributed by atoms with Gasteiger partial charge in [-0.2, -0.15) is 13.2 Å². The Kier molecular flexibility index (Phi) is 6.12. The Bertz CT molecular complexity index is 1000. The Balaban J connectivity index is 1.87. The minimum Gasteiger partial charge on any atom is -0.497 e. The molecule has 2 aromatic heterocycles. The molecule has 0 aliphatic carbocycles. The highest BCUT2D eigenvalue weighted by molar-refractivity contribution is 7.98. The monoisotopic (exact) mass is 424 g/mol. The average molecular weight is 424 g/mol. The highest BCUT2D eigenvalue weighted by Gasteiger charge is 2.34. The van der Waals surface area contributed by atoms with E-state index in [1.54, 1.807) is 24.3 Å². The van der Waals surface area contributed by atoms with Crippen LogP contribution in [-0.2, 0) is 16.7 Å². The Morgan fingerprint density at radius 1 is 1.10 bits per heavy atom. The number of benzene rings is 1. The van der Waals surface area contributed by atoms with Crippen molar-refractivity contribution in [3.05, 3.63) is 59.7 Å². The number of hydrogen-bond acceptors (Lipinski definition) is 7. The van der Waals surface area contributed by atoms with E-state index < -0.39 is 17.8 Å². The van der Waals surface area contributed by atoms with Gasteiger partial charge in [-0.25, -0.2) is 14.8 Å². The molecule has 0 aliphatic heterocycles. The Morgan fingerprint density at radius 2 is 1.83 bits per heavy atom. The SMILES string of the molecule is COC(=O)c1ccc(CSc2nc(-c3ccc(OC)cc3)cc(C(F)(F)F)n2)o1. The highest BCUT2D eigenvalue weighted by Crippen LogP contribution is 2.33. The summed E-state index contributed by atoms with van der Waals surface area (Å²) in [5, 5.41) is -0.0679. The molecule has 3 aromatic rings. The fraction of sp³-hybridized carbons (Fsp3) is 0.211. The summed E-state index contributed by atoms with van der Waals surface area (Å²) in [4.78, 5) is 19.3. The Morgan fingerprint density at radius 3 is 2.45 bits per heavy atom. The number of hydrogen-bond donors (Lipinski definition) is 0. The Labute approximate surface area is 168 Å².